The second kappa shape index (κ2) is 12.8. The van der Waals surface area contributed by atoms with Crippen molar-refractivity contribution in [1.82, 2.24) is 0 Å². The molecule has 0 aliphatic heterocycles. The van der Waals surface area contributed by atoms with Crippen LogP contribution in [0.3, 0.4) is 0 Å². The average Bonchev–Trinajstić information content (AvgIpc) is 3.00. The molecule has 0 aromatic carbocycles. The van der Waals surface area contributed by atoms with E-state index in [2.05, 4.69) is 31.2 Å². The Kier molecular flexibility index (Phi) is 10.2. The molecule has 2 heteroatoms. The van der Waals surface area contributed by atoms with Crippen molar-refractivity contribution in [1.29, 1.82) is 0 Å². The highest BCUT2D eigenvalue weighted by atomic mass is 16.3. The smallest absolute Gasteiger partial charge is 0.136 e. The van der Waals surface area contributed by atoms with Crippen LogP contribution < -0.4 is 0 Å². The van der Waals surface area contributed by atoms with Gasteiger partial charge in [0.15, 0.2) is 0 Å². The SMILES string of the molecule is CCC(CCC1C=CC=CC1)C(O)CCCCC(=O)C1CCCCC2CCCCC21. The van der Waals surface area contributed by atoms with Crippen LogP contribution in [0, 0.1) is 29.6 Å². The summed E-state index contributed by atoms with van der Waals surface area (Å²) in [6.07, 6.45) is 27.2. The van der Waals surface area contributed by atoms with Crippen molar-refractivity contribution >= 4 is 5.78 Å². The number of unbranched alkanes of at least 4 members (excludes halogenated alkanes) is 1. The number of Topliss-reactive ketones (excluding diaryl/α,β-unsaturated/α-hetero) is 1. The Balaban J connectivity index is 1.35. The monoisotopic (exact) mass is 414 g/mol. The molecule has 0 amide bonds. The van der Waals surface area contributed by atoms with Crippen molar-refractivity contribution in [3.63, 3.8) is 0 Å². The largest absolute Gasteiger partial charge is 0.393 e. The zero-order valence-electron chi connectivity index (χ0n) is 19.4. The van der Waals surface area contributed by atoms with Gasteiger partial charge in [0.1, 0.15) is 5.78 Å². The Hall–Kier alpha value is -0.890. The molecule has 1 N–H and O–H groups in total. The van der Waals surface area contributed by atoms with Gasteiger partial charge >= 0.3 is 0 Å². The van der Waals surface area contributed by atoms with Crippen molar-refractivity contribution in [3.8, 4) is 0 Å². The van der Waals surface area contributed by atoms with Gasteiger partial charge in [0, 0.05) is 12.3 Å². The van der Waals surface area contributed by atoms with Gasteiger partial charge in [-0.25, -0.2) is 0 Å². The van der Waals surface area contributed by atoms with Gasteiger partial charge in [-0.05, 0) is 68.6 Å². The van der Waals surface area contributed by atoms with E-state index < -0.39 is 0 Å². The van der Waals surface area contributed by atoms with E-state index in [1.165, 1.54) is 51.4 Å². The van der Waals surface area contributed by atoms with Crippen LogP contribution in [-0.4, -0.2) is 17.0 Å². The number of allylic oxidation sites excluding steroid dienone is 4. The maximum Gasteiger partial charge on any atom is 0.136 e. The highest BCUT2D eigenvalue weighted by molar-refractivity contribution is 5.81. The predicted molar refractivity (Wildman–Crippen MR) is 126 cm³/mol. The van der Waals surface area contributed by atoms with Crippen LogP contribution in [0.25, 0.3) is 0 Å². The van der Waals surface area contributed by atoms with E-state index in [0.717, 1.165) is 57.3 Å². The molecular weight excluding hydrogens is 368 g/mol. The zero-order valence-corrected chi connectivity index (χ0v) is 19.4. The van der Waals surface area contributed by atoms with E-state index >= 15 is 0 Å². The fourth-order valence-electron chi connectivity index (χ4n) is 6.53. The summed E-state index contributed by atoms with van der Waals surface area (Å²) in [5, 5.41) is 10.7. The summed E-state index contributed by atoms with van der Waals surface area (Å²) >= 11 is 0. The molecule has 6 atom stereocenters. The van der Waals surface area contributed by atoms with Gasteiger partial charge in [-0.1, -0.05) is 82.6 Å². The summed E-state index contributed by atoms with van der Waals surface area (Å²) in [4.78, 5) is 13.0. The van der Waals surface area contributed by atoms with E-state index in [-0.39, 0.29) is 6.10 Å². The van der Waals surface area contributed by atoms with Gasteiger partial charge in [-0.3, -0.25) is 4.79 Å². The molecule has 2 nitrogen and oxygen atoms in total. The standard InChI is InChI=1S/C28H46O2/c1-2-23(21-20-22-12-4-3-5-13-22)27(29)18-10-11-19-28(30)26-17-9-7-15-24-14-6-8-16-25(24)26/h3-5,12,22-27,29H,2,6-11,13-21H2,1H3. The van der Waals surface area contributed by atoms with Gasteiger partial charge in [0.2, 0.25) is 0 Å². The van der Waals surface area contributed by atoms with Crippen LogP contribution in [0.5, 0.6) is 0 Å². The normalized spacial score (nSPS) is 31.0. The molecule has 170 valence electrons. The summed E-state index contributed by atoms with van der Waals surface area (Å²) in [7, 11) is 0. The minimum absolute atomic E-state index is 0.200. The molecule has 0 aromatic rings. The van der Waals surface area contributed by atoms with Crippen molar-refractivity contribution in [2.45, 2.75) is 116 Å². The van der Waals surface area contributed by atoms with Crippen LogP contribution in [-0.2, 0) is 4.79 Å². The second-order valence-corrected chi connectivity index (χ2v) is 10.4. The number of carbonyl (C=O) groups excluding carboxylic acids is 1. The summed E-state index contributed by atoms with van der Waals surface area (Å²) < 4.78 is 0. The number of rotatable bonds is 11. The number of carbonyl (C=O) groups is 1. The molecule has 3 aliphatic rings. The topological polar surface area (TPSA) is 37.3 Å². The fraction of sp³-hybridized carbons (Fsp3) is 0.821. The van der Waals surface area contributed by atoms with E-state index in [4.69, 9.17) is 0 Å². The Morgan fingerprint density at radius 1 is 1.00 bits per heavy atom. The second-order valence-electron chi connectivity index (χ2n) is 10.4. The minimum Gasteiger partial charge on any atom is -0.393 e. The molecule has 30 heavy (non-hydrogen) atoms. The van der Waals surface area contributed by atoms with Crippen LogP contribution in [0.4, 0.5) is 0 Å². The van der Waals surface area contributed by atoms with Gasteiger partial charge in [-0.15, -0.1) is 0 Å². The maximum absolute atomic E-state index is 13.0. The molecule has 0 aromatic heterocycles. The summed E-state index contributed by atoms with van der Waals surface area (Å²) in [5.41, 5.74) is 0. The third-order valence-corrected chi connectivity index (χ3v) is 8.46. The Labute approximate surface area is 185 Å². The molecule has 2 fully saturated rings. The lowest BCUT2D eigenvalue weighted by molar-refractivity contribution is -0.126. The summed E-state index contributed by atoms with van der Waals surface area (Å²) in [5.74, 6) is 3.47. The molecule has 0 spiro atoms. The Morgan fingerprint density at radius 3 is 2.50 bits per heavy atom. The molecule has 0 radical (unpaired) electrons. The molecule has 0 bridgehead atoms. The fourth-order valence-corrected chi connectivity index (χ4v) is 6.53. The van der Waals surface area contributed by atoms with E-state index in [9.17, 15) is 9.90 Å². The highest BCUT2D eigenvalue weighted by Crippen LogP contribution is 2.43. The minimum atomic E-state index is -0.200. The lowest BCUT2D eigenvalue weighted by Crippen LogP contribution is -2.30. The van der Waals surface area contributed by atoms with E-state index in [1.54, 1.807) is 0 Å². The molecule has 2 saturated carbocycles. The first-order valence-corrected chi connectivity index (χ1v) is 13.2. The number of fused-ring (bicyclic) bond motifs is 1. The quantitative estimate of drug-likeness (QED) is 0.357. The third-order valence-electron chi connectivity index (χ3n) is 8.46. The van der Waals surface area contributed by atoms with Gasteiger partial charge in [-0.2, -0.15) is 0 Å². The lowest BCUT2D eigenvalue weighted by Gasteiger charge is -2.34. The van der Waals surface area contributed by atoms with Crippen LogP contribution >= 0.6 is 0 Å². The highest BCUT2D eigenvalue weighted by Gasteiger charge is 2.36. The van der Waals surface area contributed by atoms with Crippen molar-refractivity contribution < 1.29 is 9.90 Å². The number of aliphatic hydroxyl groups is 1. The number of ketones is 1. The maximum atomic E-state index is 13.0. The first kappa shape index (κ1) is 23.8. The van der Waals surface area contributed by atoms with E-state index in [1.807, 2.05) is 0 Å². The summed E-state index contributed by atoms with van der Waals surface area (Å²) in [6.45, 7) is 2.21. The first-order chi connectivity index (χ1) is 14.7. The molecule has 3 rings (SSSR count). The van der Waals surface area contributed by atoms with Crippen molar-refractivity contribution in [2.75, 3.05) is 0 Å². The molecule has 6 unspecified atom stereocenters. The molecule has 3 aliphatic carbocycles. The number of hydrogen-bond acceptors (Lipinski definition) is 2. The van der Waals surface area contributed by atoms with Gasteiger partial charge in [0.05, 0.1) is 6.10 Å². The zero-order chi connectivity index (χ0) is 21.2. The number of aliphatic hydroxyl groups excluding tert-OH is 1. The van der Waals surface area contributed by atoms with Gasteiger partial charge < -0.3 is 5.11 Å². The predicted octanol–water partition coefficient (Wildman–Crippen LogP) is 7.41. The van der Waals surface area contributed by atoms with Crippen LogP contribution in [0.15, 0.2) is 24.3 Å². The third kappa shape index (κ3) is 7.08. The van der Waals surface area contributed by atoms with Crippen LogP contribution in [0.2, 0.25) is 0 Å². The molecular formula is C28H46O2. The summed E-state index contributed by atoms with van der Waals surface area (Å²) in [6, 6.07) is 0. The van der Waals surface area contributed by atoms with E-state index in [0.29, 0.717) is 29.5 Å². The Morgan fingerprint density at radius 2 is 1.77 bits per heavy atom. The first-order valence-electron chi connectivity index (χ1n) is 13.2. The van der Waals surface area contributed by atoms with Crippen molar-refractivity contribution in [2.24, 2.45) is 29.6 Å². The number of hydrogen-bond donors (Lipinski definition) is 1. The van der Waals surface area contributed by atoms with Crippen LogP contribution in [0.1, 0.15) is 110 Å². The van der Waals surface area contributed by atoms with Gasteiger partial charge in [0.25, 0.3) is 0 Å². The lowest BCUT2D eigenvalue weighted by atomic mass is 9.70. The molecule has 0 heterocycles. The van der Waals surface area contributed by atoms with Crippen molar-refractivity contribution in [3.05, 3.63) is 24.3 Å². The average molecular weight is 415 g/mol. The Bertz CT molecular complexity index is 563. The molecule has 0 saturated heterocycles.